The summed E-state index contributed by atoms with van der Waals surface area (Å²) in [6.07, 6.45) is 0. The molecule has 0 unspecified atom stereocenters. The highest BCUT2D eigenvalue weighted by Crippen LogP contribution is 2.18. The minimum atomic E-state index is 0.452. The quantitative estimate of drug-likeness (QED) is 0.715. The van der Waals surface area contributed by atoms with Crippen LogP contribution in [0, 0.1) is 0 Å². The molecule has 0 saturated heterocycles. The summed E-state index contributed by atoms with van der Waals surface area (Å²) >= 11 is 1.62. The molecule has 0 bridgehead atoms. The van der Waals surface area contributed by atoms with Crippen molar-refractivity contribution in [2.45, 2.75) is 6.61 Å². The molecule has 2 aromatic rings. The minimum Gasteiger partial charge on any atom is -0.300 e. The SMILES string of the molecule is NOCc1ccc2ncsc2c1. The number of fused-ring (bicyclic) bond motifs is 1. The van der Waals surface area contributed by atoms with Crippen molar-refractivity contribution in [2.75, 3.05) is 0 Å². The van der Waals surface area contributed by atoms with Gasteiger partial charge < -0.3 is 0 Å². The van der Waals surface area contributed by atoms with Crippen molar-refractivity contribution in [3.63, 3.8) is 0 Å². The summed E-state index contributed by atoms with van der Waals surface area (Å²) < 4.78 is 1.17. The normalized spacial score (nSPS) is 10.8. The zero-order valence-corrected chi connectivity index (χ0v) is 7.17. The third kappa shape index (κ3) is 1.32. The van der Waals surface area contributed by atoms with Gasteiger partial charge in [-0.3, -0.25) is 4.84 Å². The molecule has 2 N–H and O–H groups in total. The number of thiazole rings is 1. The molecule has 4 heteroatoms. The van der Waals surface area contributed by atoms with E-state index in [1.165, 1.54) is 4.70 Å². The number of aromatic nitrogens is 1. The highest BCUT2D eigenvalue weighted by Gasteiger charge is 1.97. The molecule has 1 aromatic heterocycles. The summed E-state index contributed by atoms with van der Waals surface area (Å²) in [6.45, 7) is 0.452. The molecule has 0 aliphatic carbocycles. The van der Waals surface area contributed by atoms with Crippen molar-refractivity contribution in [1.29, 1.82) is 0 Å². The monoisotopic (exact) mass is 180 g/mol. The van der Waals surface area contributed by atoms with Crippen LogP contribution in [0.25, 0.3) is 10.2 Å². The zero-order chi connectivity index (χ0) is 8.39. The highest BCUT2D eigenvalue weighted by molar-refractivity contribution is 7.16. The van der Waals surface area contributed by atoms with Gasteiger partial charge in [-0.25, -0.2) is 10.9 Å². The number of hydrogen-bond donors (Lipinski definition) is 1. The fourth-order valence-electron chi connectivity index (χ4n) is 1.09. The number of nitrogens with zero attached hydrogens (tertiary/aromatic N) is 1. The molecule has 0 radical (unpaired) electrons. The molecule has 1 heterocycles. The van der Waals surface area contributed by atoms with Gasteiger partial charge in [-0.2, -0.15) is 0 Å². The molecule has 0 aliphatic rings. The van der Waals surface area contributed by atoms with Crippen LogP contribution in [0.3, 0.4) is 0 Å². The average molecular weight is 180 g/mol. The van der Waals surface area contributed by atoms with E-state index in [0.29, 0.717) is 6.61 Å². The second-order valence-electron chi connectivity index (χ2n) is 2.47. The fraction of sp³-hybridized carbons (Fsp3) is 0.125. The fourth-order valence-corrected chi connectivity index (χ4v) is 1.83. The molecule has 3 nitrogen and oxygen atoms in total. The first kappa shape index (κ1) is 7.67. The lowest BCUT2D eigenvalue weighted by Crippen LogP contribution is -1.98. The van der Waals surface area contributed by atoms with Gasteiger partial charge in [-0.05, 0) is 17.7 Å². The first-order chi connectivity index (χ1) is 5.90. The molecule has 0 fully saturated rings. The van der Waals surface area contributed by atoms with Crippen LogP contribution >= 0.6 is 11.3 Å². The third-order valence-electron chi connectivity index (χ3n) is 1.65. The Hall–Kier alpha value is -0.970. The molecular formula is C8H8N2OS. The van der Waals surface area contributed by atoms with Gasteiger partial charge in [0, 0.05) is 0 Å². The predicted molar refractivity (Wildman–Crippen MR) is 48.6 cm³/mol. The first-order valence-corrected chi connectivity index (χ1v) is 4.42. The molecule has 12 heavy (non-hydrogen) atoms. The van der Waals surface area contributed by atoms with Crippen LogP contribution in [0.4, 0.5) is 0 Å². The van der Waals surface area contributed by atoms with Crippen molar-refractivity contribution >= 4 is 21.6 Å². The van der Waals surface area contributed by atoms with Crippen LogP contribution in [-0.4, -0.2) is 4.98 Å². The Labute approximate surface area is 73.7 Å². The summed E-state index contributed by atoms with van der Waals surface area (Å²) in [5.74, 6) is 4.97. The zero-order valence-electron chi connectivity index (χ0n) is 6.36. The van der Waals surface area contributed by atoms with E-state index >= 15 is 0 Å². The smallest absolute Gasteiger partial charge is 0.0930 e. The summed E-state index contributed by atoms with van der Waals surface area (Å²) in [7, 11) is 0. The van der Waals surface area contributed by atoms with Gasteiger partial charge in [-0.1, -0.05) is 6.07 Å². The Morgan fingerprint density at radius 2 is 2.42 bits per heavy atom. The number of nitrogens with two attached hydrogens (primary N) is 1. The Bertz CT molecular complexity index is 385. The standard InChI is InChI=1S/C8H8N2OS/c9-11-4-6-1-2-7-8(3-6)12-5-10-7/h1-3,5H,4,9H2. The maximum absolute atomic E-state index is 4.97. The second kappa shape index (κ2) is 3.18. The summed E-state index contributed by atoms with van der Waals surface area (Å²) in [6, 6.07) is 5.98. The van der Waals surface area contributed by atoms with Crippen LogP contribution in [0.2, 0.25) is 0 Å². The van der Waals surface area contributed by atoms with Crippen LogP contribution in [0.1, 0.15) is 5.56 Å². The third-order valence-corrected chi connectivity index (χ3v) is 2.44. The van der Waals surface area contributed by atoms with E-state index in [9.17, 15) is 0 Å². The summed E-state index contributed by atoms with van der Waals surface area (Å²) in [4.78, 5) is 8.70. The van der Waals surface area contributed by atoms with Crippen molar-refractivity contribution in [3.8, 4) is 0 Å². The van der Waals surface area contributed by atoms with Gasteiger partial charge in [0.1, 0.15) is 0 Å². The lowest BCUT2D eigenvalue weighted by Gasteiger charge is -1.97. The van der Waals surface area contributed by atoms with E-state index in [-0.39, 0.29) is 0 Å². The lowest BCUT2D eigenvalue weighted by atomic mass is 10.2. The van der Waals surface area contributed by atoms with E-state index in [1.807, 2.05) is 23.7 Å². The number of benzene rings is 1. The maximum Gasteiger partial charge on any atom is 0.0930 e. The Morgan fingerprint density at radius 1 is 1.50 bits per heavy atom. The molecular weight excluding hydrogens is 172 g/mol. The van der Waals surface area contributed by atoms with E-state index in [0.717, 1.165) is 11.1 Å². The molecule has 0 saturated carbocycles. The largest absolute Gasteiger partial charge is 0.300 e. The van der Waals surface area contributed by atoms with Crippen molar-refractivity contribution in [3.05, 3.63) is 29.3 Å². The molecule has 62 valence electrons. The van der Waals surface area contributed by atoms with E-state index < -0.39 is 0 Å². The van der Waals surface area contributed by atoms with Crippen molar-refractivity contribution < 1.29 is 4.84 Å². The molecule has 0 spiro atoms. The Kier molecular flexibility index (Phi) is 2.03. The second-order valence-corrected chi connectivity index (χ2v) is 3.35. The molecule has 0 atom stereocenters. The first-order valence-electron chi connectivity index (χ1n) is 3.54. The minimum absolute atomic E-state index is 0.452. The van der Waals surface area contributed by atoms with Gasteiger partial charge in [0.25, 0.3) is 0 Å². The van der Waals surface area contributed by atoms with Crippen LogP contribution < -0.4 is 5.90 Å². The maximum atomic E-state index is 4.97. The summed E-state index contributed by atoms with van der Waals surface area (Å²) in [5, 5.41) is 0. The van der Waals surface area contributed by atoms with E-state index in [2.05, 4.69) is 9.82 Å². The average Bonchev–Trinajstić information content (AvgIpc) is 2.51. The Balaban J connectivity index is 2.46. The summed E-state index contributed by atoms with van der Waals surface area (Å²) in [5.41, 5.74) is 3.94. The van der Waals surface area contributed by atoms with Crippen molar-refractivity contribution in [1.82, 2.24) is 4.98 Å². The topological polar surface area (TPSA) is 48.1 Å². The van der Waals surface area contributed by atoms with Gasteiger partial charge in [0.2, 0.25) is 0 Å². The highest BCUT2D eigenvalue weighted by atomic mass is 32.1. The molecule has 1 aromatic carbocycles. The van der Waals surface area contributed by atoms with Crippen LogP contribution in [0.15, 0.2) is 23.7 Å². The van der Waals surface area contributed by atoms with Gasteiger partial charge in [0.15, 0.2) is 0 Å². The van der Waals surface area contributed by atoms with Crippen molar-refractivity contribution in [2.24, 2.45) is 5.90 Å². The van der Waals surface area contributed by atoms with E-state index in [4.69, 9.17) is 5.90 Å². The van der Waals surface area contributed by atoms with Gasteiger partial charge in [0.05, 0.1) is 22.3 Å². The molecule has 2 rings (SSSR count). The molecule has 0 aliphatic heterocycles. The van der Waals surface area contributed by atoms with Crippen LogP contribution in [-0.2, 0) is 11.4 Å². The predicted octanol–water partition coefficient (Wildman–Crippen LogP) is 1.69. The lowest BCUT2D eigenvalue weighted by molar-refractivity contribution is 0.124. The Morgan fingerprint density at radius 3 is 3.25 bits per heavy atom. The van der Waals surface area contributed by atoms with Crippen LogP contribution in [0.5, 0.6) is 0 Å². The molecule has 0 amide bonds. The number of hydrogen-bond acceptors (Lipinski definition) is 4. The van der Waals surface area contributed by atoms with Gasteiger partial charge in [-0.15, -0.1) is 11.3 Å². The van der Waals surface area contributed by atoms with E-state index in [1.54, 1.807) is 11.3 Å². The number of rotatable bonds is 2. The van der Waals surface area contributed by atoms with Gasteiger partial charge >= 0.3 is 0 Å².